The smallest absolute Gasteiger partial charge is 0.137 e. The fourth-order valence-corrected chi connectivity index (χ4v) is 3.55. The monoisotopic (exact) mass is 352 g/mol. The number of rotatable bonds is 6. The molecule has 1 fully saturated rings. The number of piperidine rings is 1. The summed E-state index contributed by atoms with van der Waals surface area (Å²) in [6, 6.07) is 12.1. The maximum atomic E-state index is 6.08. The van der Waals surface area contributed by atoms with Crippen molar-refractivity contribution in [1.29, 1.82) is 0 Å². The van der Waals surface area contributed by atoms with E-state index in [-0.39, 0.29) is 0 Å². The molecule has 0 amide bonds. The highest BCUT2D eigenvalue weighted by atomic mass is 16.5. The molecule has 1 saturated heterocycles. The van der Waals surface area contributed by atoms with E-state index in [0.717, 1.165) is 61.1 Å². The zero-order valence-corrected chi connectivity index (χ0v) is 15.0. The Balaban J connectivity index is 1.40. The van der Waals surface area contributed by atoms with Gasteiger partial charge in [-0.25, -0.2) is 4.98 Å². The largest absolute Gasteiger partial charge is 0.494 e. The third-order valence-electron chi connectivity index (χ3n) is 4.82. The highest BCUT2D eigenvalue weighted by Gasteiger charge is 2.24. The Hall–Kier alpha value is -2.60. The summed E-state index contributed by atoms with van der Waals surface area (Å²) in [5.41, 5.74) is 1.07. The van der Waals surface area contributed by atoms with E-state index >= 15 is 0 Å². The number of likely N-dealkylation sites (tertiary alicyclic amines) is 1. The molecular formula is C20H24N4O2. The van der Waals surface area contributed by atoms with Gasteiger partial charge in [0.2, 0.25) is 0 Å². The molecule has 1 aliphatic heterocycles. The zero-order valence-electron chi connectivity index (χ0n) is 15.0. The van der Waals surface area contributed by atoms with Crippen LogP contribution in [0.15, 0.2) is 47.1 Å². The van der Waals surface area contributed by atoms with Crippen molar-refractivity contribution in [2.24, 2.45) is 0 Å². The second-order valence-electron chi connectivity index (χ2n) is 6.67. The summed E-state index contributed by atoms with van der Waals surface area (Å²) in [4.78, 5) is 6.75. The lowest BCUT2D eigenvalue weighted by molar-refractivity contribution is 0.184. The lowest BCUT2D eigenvalue weighted by Gasteiger charge is -2.30. The number of nitrogens with one attached hydrogen (secondary N) is 1. The normalized spacial score (nSPS) is 18.1. The van der Waals surface area contributed by atoms with Gasteiger partial charge in [-0.05, 0) is 62.7 Å². The molecule has 2 aromatic heterocycles. The third kappa shape index (κ3) is 3.80. The molecule has 4 rings (SSSR count). The van der Waals surface area contributed by atoms with Crippen LogP contribution in [0.2, 0.25) is 0 Å². The molecule has 3 heterocycles. The lowest BCUT2D eigenvalue weighted by atomic mass is 9.97. The summed E-state index contributed by atoms with van der Waals surface area (Å²) in [5.74, 6) is 4.18. The van der Waals surface area contributed by atoms with Crippen molar-refractivity contribution in [3.05, 3.63) is 54.3 Å². The standard InChI is InChI=1S/C20H24N4O2/c1-2-25-17-7-5-15(6-8-17)19-10-9-18(26-19)13-24-11-3-4-16(12-24)20-21-14-22-23-20/h5-10,14,16H,2-4,11-13H2,1H3,(H,21,22,23). The maximum Gasteiger partial charge on any atom is 0.137 e. The van der Waals surface area contributed by atoms with Crippen molar-refractivity contribution in [2.45, 2.75) is 32.2 Å². The van der Waals surface area contributed by atoms with E-state index in [1.165, 1.54) is 0 Å². The van der Waals surface area contributed by atoms with E-state index in [9.17, 15) is 0 Å². The van der Waals surface area contributed by atoms with Crippen molar-refractivity contribution in [3.63, 3.8) is 0 Å². The average Bonchev–Trinajstić information content (AvgIpc) is 3.35. The van der Waals surface area contributed by atoms with Gasteiger partial charge in [-0.1, -0.05) is 0 Å². The van der Waals surface area contributed by atoms with Crippen LogP contribution in [0.4, 0.5) is 0 Å². The molecule has 0 bridgehead atoms. The van der Waals surface area contributed by atoms with Gasteiger partial charge in [0.25, 0.3) is 0 Å². The highest BCUT2D eigenvalue weighted by molar-refractivity contribution is 5.58. The van der Waals surface area contributed by atoms with Crippen molar-refractivity contribution >= 4 is 0 Å². The van der Waals surface area contributed by atoms with E-state index in [4.69, 9.17) is 9.15 Å². The first-order valence-electron chi connectivity index (χ1n) is 9.21. The Morgan fingerprint density at radius 1 is 1.23 bits per heavy atom. The predicted octanol–water partition coefficient (Wildman–Crippen LogP) is 3.84. The first-order valence-corrected chi connectivity index (χ1v) is 9.21. The number of ether oxygens (including phenoxy) is 1. The molecular weight excluding hydrogens is 328 g/mol. The van der Waals surface area contributed by atoms with Crippen molar-refractivity contribution in [1.82, 2.24) is 20.1 Å². The molecule has 1 unspecified atom stereocenters. The van der Waals surface area contributed by atoms with E-state index in [0.29, 0.717) is 12.5 Å². The van der Waals surface area contributed by atoms with Crippen molar-refractivity contribution < 1.29 is 9.15 Å². The van der Waals surface area contributed by atoms with Crippen molar-refractivity contribution in [3.8, 4) is 17.1 Å². The van der Waals surface area contributed by atoms with Gasteiger partial charge >= 0.3 is 0 Å². The van der Waals surface area contributed by atoms with Gasteiger partial charge in [0.05, 0.1) is 13.2 Å². The lowest BCUT2D eigenvalue weighted by Crippen LogP contribution is -2.34. The minimum absolute atomic E-state index is 0.423. The van der Waals surface area contributed by atoms with Crippen LogP contribution >= 0.6 is 0 Å². The Morgan fingerprint density at radius 2 is 2.12 bits per heavy atom. The zero-order chi connectivity index (χ0) is 17.8. The molecule has 1 aliphatic rings. The van der Waals surface area contributed by atoms with E-state index in [2.05, 4.69) is 26.1 Å². The summed E-state index contributed by atoms with van der Waals surface area (Å²) < 4.78 is 11.6. The predicted molar refractivity (Wildman–Crippen MR) is 98.9 cm³/mol. The maximum absolute atomic E-state index is 6.08. The molecule has 0 aliphatic carbocycles. The number of hydrogen-bond acceptors (Lipinski definition) is 5. The van der Waals surface area contributed by atoms with E-state index < -0.39 is 0 Å². The molecule has 1 atom stereocenters. The topological polar surface area (TPSA) is 67.2 Å². The second-order valence-corrected chi connectivity index (χ2v) is 6.67. The van der Waals surface area contributed by atoms with Gasteiger partial charge in [0, 0.05) is 18.0 Å². The third-order valence-corrected chi connectivity index (χ3v) is 4.82. The Bertz CT molecular complexity index is 811. The molecule has 3 aromatic rings. The van der Waals surface area contributed by atoms with Gasteiger partial charge in [-0.15, -0.1) is 0 Å². The number of aromatic amines is 1. The average molecular weight is 352 g/mol. The van der Waals surface area contributed by atoms with Gasteiger partial charge in [0.1, 0.15) is 29.4 Å². The fourth-order valence-electron chi connectivity index (χ4n) is 3.55. The SMILES string of the molecule is CCOc1ccc(-c2ccc(CN3CCCC(c4ncn[nH]4)C3)o2)cc1. The van der Waals surface area contributed by atoms with Crippen LogP contribution in [0.25, 0.3) is 11.3 Å². The van der Waals surface area contributed by atoms with E-state index in [1.54, 1.807) is 6.33 Å². The summed E-state index contributed by atoms with van der Waals surface area (Å²) in [5, 5.41) is 6.99. The number of benzene rings is 1. The summed E-state index contributed by atoms with van der Waals surface area (Å²) in [6.07, 6.45) is 3.91. The van der Waals surface area contributed by atoms with Crippen LogP contribution in [-0.4, -0.2) is 39.8 Å². The Morgan fingerprint density at radius 3 is 2.88 bits per heavy atom. The van der Waals surface area contributed by atoms with Crippen LogP contribution in [0.5, 0.6) is 5.75 Å². The summed E-state index contributed by atoms with van der Waals surface area (Å²) in [6.45, 7) is 5.55. The summed E-state index contributed by atoms with van der Waals surface area (Å²) >= 11 is 0. The Kier molecular flexibility index (Phi) is 5.02. The highest BCUT2D eigenvalue weighted by Crippen LogP contribution is 2.28. The number of hydrogen-bond donors (Lipinski definition) is 1. The molecule has 0 spiro atoms. The van der Waals surface area contributed by atoms with Gasteiger partial charge in [-0.3, -0.25) is 10.00 Å². The van der Waals surface area contributed by atoms with E-state index in [1.807, 2.05) is 37.3 Å². The van der Waals surface area contributed by atoms with Gasteiger partial charge in [0.15, 0.2) is 0 Å². The van der Waals surface area contributed by atoms with Crippen LogP contribution in [0.1, 0.15) is 37.3 Å². The molecule has 6 heteroatoms. The minimum Gasteiger partial charge on any atom is -0.494 e. The first-order chi connectivity index (χ1) is 12.8. The minimum atomic E-state index is 0.423. The molecule has 0 radical (unpaired) electrons. The van der Waals surface area contributed by atoms with Gasteiger partial charge < -0.3 is 9.15 Å². The number of H-pyrrole nitrogens is 1. The molecule has 26 heavy (non-hydrogen) atoms. The van der Waals surface area contributed by atoms with Crippen LogP contribution < -0.4 is 4.74 Å². The fraction of sp³-hybridized carbons (Fsp3) is 0.400. The molecule has 0 saturated carbocycles. The quantitative estimate of drug-likeness (QED) is 0.730. The summed E-state index contributed by atoms with van der Waals surface area (Å²) in [7, 11) is 0. The second kappa shape index (κ2) is 7.74. The van der Waals surface area contributed by atoms with Crippen LogP contribution in [-0.2, 0) is 6.54 Å². The van der Waals surface area contributed by atoms with Crippen molar-refractivity contribution in [2.75, 3.05) is 19.7 Å². The molecule has 1 N–H and O–H groups in total. The number of nitrogens with zero attached hydrogens (tertiary/aromatic N) is 3. The van der Waals surface area contributed by atoms with Crippen LogP contribution in [0.3, 0.4) is 0 Å². The molecule has 136 valence electrons. The van der Waals surface area contributed by atoms with Gasteiger partial charge in [-0.2, -0.15) is 5.10 Å². The molecule has 1 aromatic carbocycles. The molecule has 6 nitrogen and oxygen atoms in total. The first kappa shape index (κ1) is 16.8. The number of aromatic nitrogens is 3. The van der Waals surface area contributed by atoms with Crippen LogP contribution in [0, 0.1) is 0 Å². The number of furan rings is 1. The Labute approximate surface area is 153 Å².